The van der Waals surface area contributed by atoms with Gasteiger partial charge in [-0.1, -0.05) is 12.1 Å². The van der Waals surface area contributed by atoms with Gasteiger partial charge in [-0.3, -0.25) is 9.59 Å². The van der Waals surface area contributed by atoms with Crippen molar-refractivity contribution in [1.29, 1.82) is 0 Å². The molecule has 0 saturated heterocycles. The third-order valence-corrected chi connectivity index (χ3v) is 8.64. The highest BCUT2D eigenvalue weighted by molar-refractivity contribution is 7.88. The van der Waals surface area contributed by atoms with Gasteiger partial charge in [-0.15, -0.1) is 22.7 Å². The van der Waals surface area contributed by atoms with Crippen LogP contribution < -0.4 is 5.32 Å². The van der Waals surface area contributed by atoms with Gasteiger partial charge >= 0.3 is 0 Å². The average molecular weight is 479 g/mol. The first-order valence-corrected chi connectivity index (χ1v) is 13.1. The first kappa shape index (κ1) is 21.9. The molecule has 0 fully saturated rings. The molecule has 3 aromatic rings. The molecule has 0 unspecified atom stereocenters. The minimum Gasteiger partial charge on any atom is -0.337 e. The maximum Gasteiger partial charge on any atom is 0.240 e. The van der Waals surface area contributed by atoms with E-state index in [0.717, 1.165) is 41.8 Å². The Morgan fingerprint density at radius 1 is 1.26 bits per heavy atom. The van der Waals surface area contributed by atoms with E-state index in [1.165, 1.54) is 18.4 Å². The van der Waals surface area contributed by atoms with Crippen molar-refractivity contribution in [2.45, 2.75) is 19.9 Å². The van der Waals surface area contributed by atoms with Crippen LogP contribution in [0.25, 0.3) is 20.8 Å². The van der Waals surface area contributed by atoms with Gasteiger partial charge in [-0.05, 0) is 24.1 Å². The van der Waals surface area contributed by atoms with Gasteiger partial charge in [0.2, 0.25) is 21.8 Å². The molecule has 0 atom stereocenters. The maximum atomic E-state index is 12.6. The molecule has 1 aromatic carbocycles. The number of amides is 2. The number of anilines is 1. The van der Waals surface area contributed by atoms with E-state index in [4.69, 9.17) is 4.98 Å². The highest BCUT2D eigenvalue weighted by Crippen LogP contribution is 2.45. The second-order valence-corrected chi connectivity index (χ2v) is 11.7. The van der Waals surface area contributed by atoms with Crippen molar-refractivity contribution in [2.24, 2.45) is 0 Å². The van der Waals surface area contributed by atoms with E-state index in [-0.39, 0.29) is 12.5 Å². The van der Waals surface area contributed by atoms with Gasteiger partial charge < -0.3 is 10.2 Å². The molecule has 1 aliphatic heterocycles. The highest BCUT2D eigenvalue weighted by atomic mass is 32.2. The number of thiazole rings is 1. The Bertz CT molecular complexity index is 1250. The van der Waals surface area contributed by atoms with E-state index >= 15 is 0 Å². The van der Waals surface area contributed by atoms with Crippen molar-refractivity contribution >= 4 is 59.7 Å². The van der Waals surface area contributed by atoms with Crippen molar-refractivity contribution in [2.75, 3.05) is 31.7 Å². The molecule has 11 heteroatoms. The lowest BCUT2D eigenvalue weighted by molar-refractivity contribution is -0.129. The van der Waals surface area contributed by atoms with E-state index in [9.17, 15) is 18.0 Å². The van der Waals surface area contributed by atoms with Crippen molar-refractivity contribution in [3.05, 3.63) is 34.7 Å². The Morgan fingerprint density at radius 2 is 2.00 bits per heavy atom. The van der Waals surface area contributed by atoms with Crippen molar-refractivity contribution in [3.8, 4) is 10.6 Å². The zero-order valence-corrected chi connectivity index (χ0v) is 19.8. The number of nitrogens with one attached hydrogen (secondary N) is 1. The van der Waals surface area contributed by atoms with Crippen LogP contribution in [0.15, 0.2) is 24.3 Å². The Morgan fingerprint density at radius 3 is 2.68 bits per heavy atom. The van der Waals surface area contributed by atoms with Crippen LogP contribution in [-0.2, 0) is 32.6 Å². The first-order chi connectivity index (χ1) is 14.6. The fourth-order valence-corrected chi connectivity index (χ4v) is 6.19. The summed E-state index contributed by atoms with van der Waals surface area (Å²) in [5.74, 6) is -0.404. The summed E-state index contributed by atoms with van der Waals surface area (Å²) in [6.07, 6.45) is 1.74. The Labute approximate surface area is 188 Å². The number of hydrogen-bond donors (Lipinski definition) is 1. The fourth-order valence-electron chi connectivity index (χ4n) is 3.45. The number of benzene rings is 1. The summed E-state index contributed by atoms with van der Waals surface area (Å²) in [6.45, 7) is 2.38. The molecule has 31 heavy (non-hydrogen) atoms. The van der Waals surface area contributed by atoms with Gasteiger partial charge in [0, 0.05) is 31.0 Å². The number of para-hydroxylation sites is 1. The lowest BCUT2D eigenvalue weighted by Crippen LogP contribution is -2.34. The van der Waals surface area contributed by atoms with Gasteiger partial charge in [-0.2, -0.15) is 4.31 Å². The number of hydrogen-bond acceptors (Lipinski definition) is 7. The Kier molecular flexibility index (Phi) is 5.86. The molecule has 0 spiro atoms. The summed E-state index contributed by atoms with van der Waals surface area (Å²) in [5, 5.41) is 4.34. The molecule has 1 N–H and O–H groups in total. The molecule has 4 rings (SSSR count). The molecule has 164 valence electrons. The Balaban J connectivity index is 1.73. The van der Waals surface area contributed by atoms with Crippen LogP contribution in [0.3, 0.4) is 0 Å². The monoisotopic (exact) mass is 478 g/mol. The second-order valence-electron chi connectivity index (χ2n) is 7.45. The minimum absolute atomic E-state index is 0.0148. The van der Waals surface area contributed by atoms with E-state index < -0.39 is 15.9 Å². The zero-order valence-electron chi connectivity index (χ0n) is 17.3. The summed E-state index contributed by atoms with van der Waals surface area (Å²) < 4.78 is 25.4. The average Bonchev–Trinajstić information content (AvgIpc) is 3.26. The number of rotatable bonds is 5. The Hall–Kier alpha value is -2.34. The van der Waals surface area contributed by atoms with Gasteiger partial charge in [0.25, 0.3) is 0 Å². The first-order valence-electron chi connectivity index (χ1n) is 9.60. The molecule has 2 aromatic heterocycles. The number of carbonyl (C=O) groups is 2. The topological polar surface area (TPSA) is 99.7 Å². The van der Waals surface area contributed by atoms with E-state index in [2.05, 4.69) is 5.32 Å². The van der Waals surface area contributed by atoms with Crippen LogP contribution >= 0.6 is 22.7 Å². The lowest BCUT2D eigenvalue weighted by atomic mass is 10.0. The standard InChI is InChI=1S/C20H22N4O4S3/c1-12(25)24-9-8-13-16(10-24)30-20(22-17(26)11-23(2)31(3,27)28)18(13)19-21-14-6-4-5-7-15(14)29-19/h4-7H,8-11H2,1-3H3,(H,22,26). The van der Waals surface area contributed by atoms with Crippen LogP contribution in [0.2, 0.25) is 0 Å². The minimum atomic E-state index is -3.47. The van der Waals surface area contributed by atoms with Crippen molar-refractivity contribution in [3.63, 3.8) is 0 Å². The van der Waals surface area contributed by atoms with Crippen LogP contribution in [0.4, 0.5) is 5.00 Å². The number of aromatic nitrogens is 1. The normalized spacial score (nSPS) is 14.1. The van der Waals surface area contributed by atoms with Gasteiger partial charge in [0.15, 0.2) is 0 Å². The van der Waals surface area contributed by atoms with Gasteiger partial charge in [-0.25, -0.2) is 13.4 Å². The molecular weight excluding hydrogens is 456 g/mol. The van der Waals surface area contributed by atoms with Crippen molar-refractivity contribution in [1.82, 2.24) is 14.2 Å². The smallest absolute Gasteiger partial charge is 0.240 e. The van der Waals surface area contributed by atoms with Crippen LogP contribution in [0.1, 0.15) is 17.4 Å². The molecule has 2 amide bonds. The zero-order chi connectivity index (χ0) is 22.3. The predicted octanol–water partition coefficient (Wildman–Crippen LogP) is 2.76. The molecular formula is C20H22N4O4S3. The number of likely N-dealkylation sites (N-methyl/N-ethyl adjacent to an activating group) is 1. The molecule has 0 bridgehead atoms. The lowest BCUT2D eigenvalue weighted by Gasteiger charge is -2.26. The SMILES string of the molecule is CC(=O)N1CCc2c(sc(NC(=O)CN(C)S(C)(=O)=O)c2-c2nc3ccccc3s2)C1. The quantitative estimate of drug-likeness (QED) is 0.608. The molecule has 1 aliphatic rings. The summed E-state index contributed by atoms with van der Waals surface area (Å²) in [4.78, 5) is 32.1. The molecule has 0 aliphatic carbocycles. The van der Waals surface area contributed by atoms with E-state index in [1.54, 1.807) is 23.2 Å². The van der Waals surface area contributed by atoms with Gasteiger partial charge in [0.05, 0.1) is 29.6 Å². The third-order valence-electron chi connectivity index (χ3n) is 5.20. The summed E-state index contributed by atoms with van der Waals surface area (Å²) >= 11 is 2.98. The molecule has 0 saturated carbocycles. The molecule has 3 heterocycles. The molecule has 0 radical (unpaired) electrons. The summed E-state index contributed by atoms with van der Waals surface area (Å²) in [7, 11) is -2.10. The van der Waals surface area contributed by atoms with Crippen LogP contribution in [-0.4, -0.2) is 60.8 Å². The fraction of sp³-hybridized carbons (Fsp3) is 0.350. The van der Waals surface area contributed by atoms with Gasteiger partial charge in [0.1, 0.15) is 10.0 Å². The predicted molar refractivity (Wildman–Crippen MR) is 124 cm³/mol. The summed E-state index contributed by atoms with van der Waals surface area (Å²) in [5.41, 5.74) is 2.85. The number of thiophene rings is 1. The van der Waals surface area contributed by atoms with Crippen LogP contribution in [0.5, 0.6) is 0 Å². The van der Waals surface area contributed by atoms with Crippen LogP contribution in [0, 0.1) is 0 Å². The second kappa shape index (κ2) is 8.30. The number of carbonyl (C=O) groups excluding carboxylic acids is 2. The number of sulfonamides is 1. The third kappa shape index (κ3) is 4.49. The molecule has 8 nitrogen and oxygen atoms in total. The summed E-state index contributed by atoms with van der Waals surface area (Å²) in [6, 6.07) is 7.85. The number of fused-ring (bicyclic) bond motifs is 2. The van der Waals surface area contributed by atoms with Crippen molar-refractivity contribution < 1.29 is 18.0 Å². The van der Waals surface area contributed by atoms with E-state index in [0.29, 0.717) is 24.5 Å². The maximum absolute atomic E-state index is 12.6. The largest absolute Gasteiger partial charge is 0.337 e. The number of nitrogens with zero attached hydrogens (tertiary/aromatic N) is 3. The highest BCUT2D eigenvalue weighted by Gasteiger charge is 2.29. The van der Waals surface area contributed by atoms with E-state index in [1.807, 2.05) is 24.3 Å².